The number of carbonyl (C=O) groups is 1. The third-order valence-corrected chi connectivity index (χ3v) is 17.2. The van der Waals surface area contributed by atoms with Gasteiger partial charge in [-0.2, -0.15) is 0 Å². The standard InChI is InChI=1S/C45H64ClN5O4S/c1-31(2)50-22-21-49-20-19-48(26-38(49)27-50)29-45(54-5)18-7-9-32(3)33(4)56(6,53)47-43(52)35-12-16-42-41(24-35)51(25-36-11-14-40(36)45)28-44(30-55-42)17-8-10-34-23-37(46)13-15-39(34)44/h7,12-13,15-16,18,23-24,31-33,36,38,40H,6,8-11,14,17,19-22,25-30H2,1-5H3,(H,47,52,53)/b18-7+/t32-,33+,36-,38?,40+,44-,45+,56?/m0/s1. The highest BCUT2D eigenvalue weighted by Crippen LogP contribution is 2.49. The summed E-state index contributed by atoms with van der Waals surface area (Å²) in [6.45, 7) is 18.3. The number of carbonyl (C=O) groups excluding carboxylic acids is 1. The zero-order chi connectivity index (χ0) is 39.4. The van der Waals surface area contributed by atoms with Gasteiger partial charge in [-0.1, -0.05) is 36.7 Å². The fourth-order valence-electron chi connectivity index (χ4n) is 10.9. The zero-order valence-corrected chi connectivity index (χ0v) is 35.9. The molecule has 2 unspecified atom stereocenters. The van der Waals surface area contributed by atoms with Crippen molar-refractivity contribution in [1.82, 2.24) is 19.4 Å². The lowest BCUT2D eigenvalue weighted by Crippen LogP contribution is -2.65. The van der Waals surface area contributed by atoms with Gasteiger partial charge < -0.3 is 14.4 Å². The predicted octanol–water partition coefficient (Wildman–Crippen LogP) is 6.28. The van der Waals surface area contributed by atoms with E-state index in [0.29, 0.717) is 36.1 Å². The molecule has 1 amide bonds. The molecular formula is C45H64ClN5O4S. The highest BCUT2D eigenvalue weighted by Gasteiger charge is 2.50. The highest BCUT2D eigenvalue weighted by molar-refractivity contribution is 7.99. The number of methoxy groups -OCH3 is 1. The molecule has 3 fully saturated rings. The molecule has 2 aromatic carbocycles. The van der Waals surface area contributed by atoms with Crippen molar-refractivity contribution in [3.8, 4) is 5.75 Å². The molecular weight excluding hydrogens is 742 g/mol. The zero-order valence-electron chi connectivity index (χ0n) is 34.3. The number of aryl methyl sites for hydroxylation is 1. The number of anilines is 1. The molecule has 1 N–H and O–H groups in total. The molecule has 2 aliphatic carbocycles. The quantitative estimate of drug-likeness (QED) is 0.286. The van der Waals surface area contributed by atoms with E-state index in [1.165, 1.54) is 11.1 Å². The highest BCUT2D eigenvalue weighted by atomic mass is 35.5. The van der Waals surface area contributed by atoms with E-state index >= 15 is 0 Å². The summed E-state index contributed by atoms with van der Waals surface area (Å²) in [5, 5.41) is 0.439. The first-order valence-electron chi connectivity index (χ1n) is 21.2. The van der Waals surface area contributed by atoms with Crippen LogP contribution in [0.25, 0.3) is 0 Å². The van der Waals surface area contributed by atoms with Crippen LogP contribution in [0.4, 0.5) is 5.69 Å². The first-order chi connectivity index (χ1) is 26.8. The average molecular weight is 807 g/mol. The number of ether oxygens (including phenoxy) is 2. The Bertz CT molecular complexity index is 1920. The van der Waals surface area contributed by atoms with E-state index in [-0.39, 0.29) is 22.5 Å². The second-order valence-corrected chi connectivity index (χ2v) is 21.2. The minimum absolute atomic E-state index is 0.0318. The van der Waals surface area contributed by atoms with Crippen LogP contribution in [-0.4, -0.2) is 126 Å². The van der Waals surface area contributed by atoms with Gasteiger partial charge in [0.05, 0.1) is 22.0 Å². The molecule has 0 aromatic heterocycles. The molecule has 8 rings (SSSR count). The van der Waals surface area contributed by atoms with Gasteiger partial charge in [0.2, 0.25) is 0 Å². The van der Waals surface area contributed by atoms with Crippen LogP contribution in [0.1, 0.15) is 81.3 Å². The van der Waals surface area contributed by atoms with Crippen molar-refractivity contribution < 1.29 is 18.5 Å². The molecule has 2 aromatic rings. The second kappa shape index (κ2) is 15.9. The van der Waals surface area contributed by atoms with Crippen molar-refractivity contribution >= 4 is 38.8 Å². The molecule has 6 aliphatic rings. The van der Waals surface area contributed by atoms with E-state index in [0.717, 1.165) is 114 Å². The van der Waals surface area contributed by atoms with Crippen LogP contribution < -0.4 is 14.4 Å². The van der Waals surface area contributed by atoms with E-state index in [4.69, 9.17) is 21.1 Å². The predicted molar refractivity (Wildman–Crippen MR) is 230 cm³/mol. The number of halogens is 1. The molecule has 2 bridgehead atoms. The Labute approximate surface area is 341 Å². The van der Waals surface area contributed by atoms with Gasteiger partial charge in [-0.3, -0.25) is 24.2 Å². The molecule has 8 atom stereocenters. The van der Waals surface area contributed by atoms with Crippen molar-refractivity contribution in [2.75, 3.05) is 77.5 Å². The number of benzene rings is 2. The van der Waals surface area contributed by atoms with Gasteiger partial charge in [0.1, 0.15) is 11.4 Å². The molecule has 4 aliphatic heterocycles. The minimum atomic E-state index is -2.96. The third-order valence-electron chi connectivity index (χ3n) is 14.8. The number of nitrogens with zero attached hydrogens (tertiary/aromatic N) is 4. The van der Waals surface area contributed by atoms with Crippen LogP contribution in [-0.2, 0) is 26.3 Å². The molecule has 56 heavy (non-hydrogen) atoms. The van der Waals surface area contributed by atoms with Gasteiger partial charge in [-0.05, 0) is 124 Å². The molecule has 4 heterocycles. The molecule has 9 nitrogen and oxygen atoms in total. The maximum absolute atomic E-state index is 14.1. The number of piperazine rings is 2. The minimum Gasteiger partial charge on any atom is -0.490 e. The summed E-state index contributed by atoms with van der Waals surface area (Å²) in [5.41, 5.74) is 3.32. The van der Waals surface area contributed by atoms with Crippen LogP contribution in [0.3, 0.4) is 0 Å². The van der Waals surface area contributed by atoms with E-state index in [1.807, 2.05) is 38.3 Å². The third kappa shape index (κ3) is 7.68. The summed E-state index contributed by atoms with van der Waals surface area (Å²) in [4.78, 5) is 24.4. The van der Waals surface area contributed by atoms with Gasteiger partial charge >= 0.3 is 0 Å². The number of amides is 1. The molecule has 11 heteroatoms. The van der Waals surface area contributed by atoms with Crippen LogP contribution in [0.5, 0.6) is 5.75 Å². The number of hydrogen-bond acceptors (Lipinski definition) is 8. The molecule has 1 saturated carbocycles. The molecule has 1 spiro atoms. The lowest BCUT2D eigenvalue weighted by molar-refractivity contribution is -0.102. The first-order valence-corrected chi connectivity index (χ1v) is 23.4. The van der Waals surface area contributed by atoms with Crippen molar-refractivity contribution in [2.45, 2.75) is 94.6 Å². The summed E-state index contributed by atoms with van der Waals surface area (Å²) in [6.07, 6.45) is 10.7. The number of fused-ring (bicyclic) bond motifs is 5. The topological polar surface area (TPSA) is 77.6 Å². The van der Waals surface area contributed by atoms with Crippen LogP contribution in [0.15, 0.2) is 48.6 Å². The summed E-state index contributed by atoms with van der Waals surface area (Å²) < 4.78 is 30.6. The maximum atomic E-state index is 14.1. The summed E-state index contributed by atoms with van der Waals surface area (Å²) in [7, 11) is -1.04. The van der Waals surface area contributed by atoms with E-state index in [1.54, 1.807) is 0 Å². The van der Waals surface area contributed by atoms with Crippen LogP contribution in [0, 0.1) is 17.8 Å². The average Bonchev–Trinajstić information content (AvgIpc) is 3.31. The fraction of sp³-hybridized carbons (Fsp3) is 0.644. The van der Waals surface area contributed by atoms with Crippen molar-refractivity contribution in [1.29, 1.82) is 0 Å². The largest absolute Gasteiger partial charge is 0.490 e. The Morgan fingerprint density at radius 1 is 1.07 bits per heavy atom. The second-order valence-electron chi connectivity index (χ2n) is 18.4. The van der Waals surface area contributed by atoms with Gasteiger partial charge in [-0.15, -0.1) is 0 Å². The Hall–Kier alpha value is -2.60. The van der Waals surface area contributed by atoms with E-state index in [9.17, 15) is 9.00 Å². The SMILES string of the molecule is C=S1(=O)NC(=O)c2ccc3c(c2)N(C[C@@H]2CC[C@H]2[C@@](CN2CCN4CCN(C(C)C)CC4C2)(OC)/C=C/C[C@H](C)[C@H]1C)C[C@@]1(CCCc2cc(Cl)ccc21)CO3. The number of rotatable bonds is 4. The lowest BCUT2D eigenvalue weighted by atomic mass is 9.63. The monoisotopic (exact) mass is 805 g/mol. The van der Waals surface area contributed by atoms with E-state index < -0.39 is 15.3 Å². The van der Waals surface area contributed by atoms with Crippen molar-refractivity contribution in [2.24, 2.45) is 17.8 Å². The number of hydrogen-bond donors (Lipinski definition) is 1. The van der Waals surface area contributed by atoms with Crippen molar-refractivity contribution in [3.63, 3.8) is 0 Å². The van der Waals surface area contributed by atoms with E-state index in [2.05, 4.69) is 75.2 Å². The smallest absolute Gasteiger partial charge is 0.262 e. The Morgan fingerprint density at radius 2 is 1.89 bits per heavy atom. The van der Waals surface area contributed by atoms with Gasteiger partial charge in [0, 0.05) is 99.3 Å². The fourth-order valence-corrected chi connectivity index (χ4v) is 12.6. The Kier molecular flexibility index (Phi) is 11.4. The Balaban J connectivity index is 1.17. The maximum Gasteiger partial charge on any atom is 0.262 e. The molecule has 2 saturated heterocycles. The van der Waals surface area contributed by atoms with Crippen molar-refractivity contribution in [3.05, 3.63) is 70.3 Å². The van der Waals surface area contributed by atoms with Crippen LogP contribution in [0.2, 0.25) is 5.02 Å². The first kappa shape index (κ1) is 40.2. The normalized spacial score (nSPS) is 36.4. The van der Waals surface area contributed by atoms with Gasteiger partial charge in [0.25, 0.3) is 5.91 Å². The number of allylic oxidation sites excluding steroid dienone is 1. The number of nitrogens with one attached hydrogen (secondary N) is 1. The van der Waals surface area contributed by atoms with Crippen LogP contribution >= 0.6 is 11.6 Å². The summed E-state index contributed by atoms with van der Waals surface area (Å²) in [6, 6.07) is 13.2. The summed E-state index contributed by atoms with van der Waals surface area (Å²) in [5.74, 6) is 5.25. The lowest BCUT2D eigenvalue weighted by Gasteiger charge is -2.54. The molecule has 306 valence electrons. The Morgan fingerprint density at radius 3 is 2.66 bits per heavy atom. The van der Waals surface area contributed by atoms with Gasteiger partial charge in [0.15, 0.2) is 0 Å². The van der Waals surface area contributed by atoms with Gasteiger partial charge in [-0.25, -0.2) is 4.21 Å². The molecule has 0 radical (unpaired) electrons. The summed E-state index contributed by atoms with van der Waals surface area (Å²) >= 11 is 6.55.